The second-order valence-electron chi connectivity index (χ2n) is 5.59. The van der Waals surface area contributed by atoms with Crippen molar-refractivity contribution in [2.75, 3.05) is 12.3 Å². The fraction of sp³-hybridized carbons (Fsp3) is 0.389. The van der Waals surface area contributed by atoms with Crippen LogP contribution in [0, 0.1) is 0 Å². The molecule has 1 heterocycles. The number of aromatic carboxylic acids is 1. The molecule has 0 spiro atoms. The lowest BCUT2D eigenvalue weighted by Gasteiger charge is -2.08. The Morgan fingerprint density at radius 1 is 1.17 bits per heavy atom. The highest BCUT2D eigenvalue weighted by Gasteiger charge is 2.11. The third-order valence-corrected chi connectivity index (χ3v) is 3.61. The summed E-state index contributed by atoms with van der Waals surface area (Å²) in [6, 6.07) is 8.79. The van der Waals surface area contributed by atoms with Gasteiger partial charge in [0.2, 0.25) is 5.95 Å². The van der Waals surface area contributed by atoms with E-state index in [0.717, 1.165) is 24.2 Å². The van der Waals surface area contributed by atoms with Crippen LogP contribution in [0.1, 0.15) is 49.5 Å². The van der Waals surface area contributed by atoms with Crippen molar-refractivity contribution >= 4 is 11.9 Å². The minimum atomic E-state index is -1.13. The lowest BCUT2D eigenvalue weighted by molar-refractivity contribution is 0.0690. The molecule has 6 nitrogen and oxygen atoms in total. The van der Waals surface area contributed by atoms with Crippen molar-refractivity contribution in [1.82, 2.24) is 9.97 Å². The molecule has 2 rings (SSSR count). The van der Waals surface area contributed by atoms with Crippen molar-refractivity contribution in [3.05, 3.63) is 36.0 Å². The Kier molecular flexibility index (Phi) is 6.54. The second kappa shape index (κ2) is 8.86. The first-order chi connectivity index (χ1) is 11.6. The Morgan fingerprint density at radius 3 is 2.71 bits per heavy atom. The molecule has 0 fully saturated rings. The summed E-state index contributed by atoms with van der Waals surface area (Å²) >= 11 is 0. The smallest absolute Gasteiger partial charge is 0.354 e. The van der Waals surface area contributed by atoms with E-state index in [1.54, 1.807) is 0 Å². The number of carboxylic acids is 1. The normalized spacial score (nSPS) is 10.5. The van der Waals surface area contributed by atoms with E-state index in [1.807, 2.05) is 24.3 Å². The van der Waals surface area contributed by atoms with Crippen LogP contribution in [0.3, 0.4) is 0 Å². The van der Waals surface area contributed by atoms with E-state index < -0.39 is 5.97 Å². The molecule has 3 N–H and O–H groups in total. The van der Waals surface area contributed by atoms with Gasteiger partial charge in [0.1, 0.15) is 5.75 Å². The first kappa shape index (κ1) is 17.7. The van der Waals surface area contributed by atoms with Gasteiger partial charge in [0, 0.05) is 5.56 Å². The number of nitrogen functional groups attached to an aromatic ring is 1. The molecular weight excluding hydrogens is 306 g/mol. The van der Waals surface area contributed by atoms with Gasteiger partial charge in [-0.05, 0) is 24.6 Å². The number of aromatic nitrogens is 2. The molecule has 0 aliphatic heterocycles. The molecule has 0 saturated heterocycles. The van der Waals surface area contributed by atoms with Crippen LogP contribution in [0.5, 0.6) is 5.75 Å². The fourth-order valence-electron chi connectivity index (χ4n) is 2.36. The van der Waals surface area contributed by atoms with Gasteiger partial charge in [-0.25, -0.2) is 14.8 Å². The number of carboxylic acid groups (broad SMARTS) is 1. The fourth-order valence-corrected chi connectivity index (χ4v) is 2.36. The molecule has 0 radical (unpaired) electrons. The first-order valence-corrected chi connectivity index (χ1v) is 8.21. The minimum absolute atomic E-state index is 0.0628. The van der Waals surface area contributed by atoms with Crippen molar-refractivity contribution < 1.29 is 14.6 Å². The molecule has 0 atom stereocenters. The number of benzene rings is 1. The standard InChI is InChI=1S/C18H23N3O3/c1-2-3-4-5-6-10-24-14-9-7-8-13(11-14)15-12-16(17(22)23)21-18(19)20-15/h7-9,11-12H,2-6,10H2,1H3,(H,22,23)(H2,19,20,21). The number of nitrogens with two attached hydrogens (primary N) is 1. The lowest BCUT2D eigenvalue weighted by Crippen LogP contribution is -2.06. The third-order valence-electron chi connectivity index (χ3n) is 3.61. The Bertz CT molecular complexity index is 689. The summed E-state index contributed by atoms with van der Waals surface area (Å²) in [5, 5.41) is 9.07. The highest BCUT2D eigenvalue weighted by molar-refractivity contribution is 5.87. The molecule has 0 aliphatic rings. The number of hydrogen-bond donors (Lipinski definition) is 2. The van der Waals surface area contributed by atoms with Crippen LogP contribution < -0.4 is 10.5 Å². The molecule has 128 valence electrons. The van der Waals surface area contributed by atoms with Gasteiger partial charge in [-0.3, -0.25) is 0 Å². The maximum absolute atomic E-state index is 11.1. The van der Waals surface area contributed by atoms with Crippen LogP contribution in [0.25, 0.3) is 11.3 Å². The maximum atomic E-state index is 11.1. The van der Waals surface area contributed by atoms with Crippen molar-refractivity contribution in [2.24, 2.45) is 0 Å². The van der Waals surface area contributed by atoms with Crippen LogP contribution in [0.15, 0.2) is 30.3 Å². The Hall–Kier alpha value is -2.63. The van der Waals surface area contributed by atoms with E-state index in [9.17, 15) is 4.79 Å². The van der Waals surface area contributed by atoms with E-state index in [4.69, 9.17) is 15.6 Å². The SMILES string of the molecule is CCCCCCCOc1cccc(-c2cc(C(=O)O)nc(N)n2)c1. The summed E-state index contributed by atoms with van der Waals surface area (Å²) in [4.78, 5) is 18.9. The molecular formula is C18H23N3O3. The minimum Gasteiger partial charge on any atom is -0.494 e. The topological polar surface area (TPSA) is 98.3 Å². The molecule has 2 aromatic rings. The predicted octanol–water partition coefficient (Wildman–Crippen LogP) is 3.77. The van der Waals surface area contributed by atoms with E-state index in [2.05, 4.69) is 16.9 Å². The summed E-state index contributed by atoms with van der Waals surface area (Å²) in [6.45, 7) is 2.86. The van der Waals surface area contributed by atoms with Crippen molar-refractivity contribution in [1.29, 1.82) is 0 Å². The summed E-state index contributed by atoms with van der Waals surface area (Å²) in [5.74, 6) is -0.464. The number of unbranched alkanes of at least 4 members (excludes halogenated alkanes) is 4. The first-order valence-electron chi connectivity index (χ1n) is 8.21. The van der Waals surface area contributed by atoms with Gasteiger partial charge in [0.05, 0.1) is 12.3 Å². The zero-order valence-corrected chi connectivity index (χ0v) is 13.9. The average Bonchev–Trinajstić information content (AvgIpc) is 2.57. The molecule has 1 aromatic carbocycles. The van der Waals surface area contributed by atoms with Gasteiger partial charge in [-0.1, -0.05) is 44.7 Å². The number of hydrogen-bond acceptors (Lipinski definition) is 5. The molecule has 0 bridgehead atoms. The monoisotopic (exact) mass is 329 g/mol. The lowest BCUT2D eigenvalue weighted by atomic mass is 10.1. The summed E-state index contributed by atoms with van der Waals surface area (Å²) in [6.07, 6.45) is 5.91. The van der Waals surface area contributed by atoms with Crippen molar-refractivity contribution in [3.63, 3.8) is 0 Å². The van der Waals surface area contributed by atoms with Gasteiger partial charge in [-0.2, -0.15) is 0 Å². The summed E-state index contributed by atoms with van der Waals surface area (Å²) in [5.41, 5.74) is 6.68. The zero-order valence-electron chi connectivity index (χ0n) is 13.9. The van der Waals surface area contributed by atoms with Gasteiger partial charge in [0.15, 0.2) is 5.69 Å². The predicted molar refractivity (Wildman–Crippen MR) is 93.1 cm³/mol. The average molecular weight is 329 g/mol. The van der Waals surface area contributed by atoms with E-state index in [-0.39, 0.29) is 11.6 Å². The molecule has 1 aromatic heterocycles. The molecule has 0 saturated carbocycles. The zero-order chi connectivity index (χ0) is 17.4. The third kappa shape index (κ3) is 5.22. The quantitative estimate of drug-likeness (QED) is 0.679. The largest absolute Gasteiger partial charge is 0.494 e. The highest BCUT2D eigenvalue weighted by Crippen LogP contribution is 2.23. The van der Waals surface area contributed by atoms with Gasteiger partial charge in [-0.15, -0.1) is 0 Å². The van der Waals surface area contributed by atoms with Gasteiger partial charge < -0.3 is 15.6 Å². The van der Waals surface area contributed by atoms with Gasteiger partial charge >= 0.3 is 5.97 Å². The Morgan fingerprint density at radius 2 is 1.96 bits per heavy atom. The number of anilines is 1. The molecule has 0 aliphatic carbocycles. The van der Waals surface area contributed by atoms with Crippen LogP contribution in [0.2, 0.25) is 0 Å². The molecule has 0 amide bonds. The number of ether oxygens (including phenoxy) is 1. The Balaban J connectivity index is 2.03. The maximum Gasteiger partial charge on any atom is 0.354 e. The summed E-state index contributed by atoms with van der Waals surface area (Å²) < 4.78 is 5.77. The molecule has 0 unspecified atom stereocenters. The van der Waals surface area contributed by atoms with Crippen LogP contribution in [-0.2, 0) is 0 Å². The van der Waals surface area contributed by atoms with Crippen molar-refractivity contribution in [2.45, 2.75) is 39.0 Å². The van der Waals surface area contributed by atoms with E-state index >= 15 is 0 Å². The van der Waals surface area contributed by atoms with Crippen LogP contribution >= 0.6 is 0 Å². The van der Waals surface area contributed by atoms with Gasteiger partial charge in [0.25, 0.3) is 0 Å². The van der Waals surface area contributed by atoms with E-state index in [1.165, 1.54) is 25.3 Å². The Labute approximate surface area is 141 Å². The number of nitrogens with zero attached hydrogens (tertiary/aromatic N) is 2. The van der Waals surface area contributed by atoms with Crippen LogP contribution in [0.4, 0.5) is 5.95 Å². The molecule has 24 heavy (non-hydrogen) atoms. The van der Waals surface area contributed by atoms with Crippen molar-refractivity contribution in [3.8, 4) is 17.0 Å². The second-order valence-corrected chi connectivity index (χ2v) is 5.59. The summed E-state index contributed by atoms with van der Waals surface area (Å²) in [7, 11) is 0. The van der Waals surface area contributed by atoms with E-state index in [0.29, 0.717) is 12.3 Å². The molecule has 6 heteroatoms. The highest BCUT2D eigenvalue weighted by atomic mass is 16.5. The number of rotatable bonds is 9. The van der Waals surface area contributed by atoms with Crippen LogP contribution in [-0.4, -0.2) is 27.7 Å². The number of carbonyl (C=O) groups is 1.